The van der Waals surface area contributed by atoms with E-state index in [0.29, 0.717) is 16.8 Å². The van der Waals surface area contributed by atoms with E-state index in [-0.39, 0.29) is 34.8 Å². The maximum Gasteiger partial charge on any atom is 0.418 e. The van der Waals surface area contributed by atoms with Gasteiger partial charge in [-0.2, -0.15) is 13.2 Å². The molecule has 3 aromatic heterocycles. The standard InChI is InChI=1S/C26H24F5N5O2S/c1-14-4-6-17(7-5-14)39(37,38)36-13-19(18-9-15(27)12-34-24(18)36)22-20(26(29,30)31)10-21(28)23(35-22)25(33)8-2-3-16(32)11-25/h4-7,9-10,12-13,16H,2-3,8,11,32-33H2,1H3/t16-,25+/m0/s1. The molecule has 13 heteroatoms. The number of pyridine rings is 2. The molecule has 1 saturated carbocycles. The Kier molecular flexibility index (Phi) is 6.51. The number of nitrogens with two attached hydrogens (primary N) is 2. The number of rotatable bonds is 4. The summed E-state index contributed by atoms with van der Waals surface area (Å²) in [5, 5.41) is -0.257. The monoisotopic (exact) mass is 565 g/mol. The summed E-state index contributed by atoms with van der Waals surface area (Å²) in [6.45, 7) is 1.75. The minimum absolute atomic E-state index is 0.0848. The summed E-state index contributed by atoms with van der Waals surface area (Å²) in [5.41, 5.74) is 8.39. The molecule has 206 valence electrons. The van der Waals surface area contributed by atoms with Gasteiger partial charge < -0.3 is 11.5 Å². The highest BCUT2D eigenvalue weighted by atomic mass is 32.2. The summed E-state index contributed by atoms with van der Waals surface area (Å²) in [6.07, 6.45) is -2.00. The van der Waals surface area contributed by atoms with Crippen LogP contribution >= 0.6 is 0 Å². The van der Waals surface area contributed by atoms with E-state index in [9.17, 15) is 26.0 Å². The second-order valence-electron chi connectivity index (χ2n) is 9.91. The fraction of sp³-hybridized carbons (Fsp3) is 0.308. The average molecular weight is 566 g/mol. The van der Waals surface area contributed by atoms with Gasteiger partial charge in [0.15, 0.2) is 5.65 Å². The van der Waals surface area contributed by atoms with Gasteiger partial charge in [-0.05, 0) is 56.9 Å². The first-order valence-electron chi connectivity index (χ1n) is 12.0. The first-order valence-corrected chi connectivity index (χ1v) is 13.5. The number of aromatic nitrogens is 3. The minimum atomic E-state index is -5.09. The molecular formula is C26H24F5N5O2S. The second kappa shape index (κ2) is 9.35. The zero-order valence-electron chi connectivity index (χ0n) is 20.6. The van der Waals surface area contributed by atoms with Gasteiger partial charge in [0.05, 0.1) is 33.6 Å². The van der Waals surface area contributed by atoms with Gasteiger partial charge in [0.1, 0.15) is 11.6 Å². The fourth-order valence-electron chi connectivity index (χ4n) is 5.08. The van der Waals surface area contributed by atoms with Crippen molar-refractivity contribution in [3.8, 4) is 11.3 Å². The molecule has 0 unspecified atom stereocenters. The Balaban J connectivity index is 1.81. The van der Waals surface area contributed by atoms with Crippen LogP contribution in [0.3, 0.4) is 0 Å². The molecule has 39 heavy (non-hydrogen) atoms. The van der Waals surface area contributed by atoms with Gasteiger partial charge in [-0.3, -0.25) is 0 Å². The maximum absolute atomic E-state index is 15.2. The molecule has 4 aromatic rings. The third kappa shape index (κ3) is 4.79. The Bertz CT molecular complexity index is 1690. The van der Waals surface area contributed by atoms with E-state index in [1.165, 1.54) is 12.1 Å². The molecular weight excluding hydrogens is 541 g/mol. The van der Waals surface area contributed by atoms with Crippen molar-refractivity contribution in [2.24, 2.45) is 11.5 Å². The van der Waals surface area contributed by atoms with Crippen molar-refractivity contribution in [2.45, 2.75) is 55.3 Å². The normalized spacial score (nSPS) is 20.5. The molecule has 0 spiro atoms. The Hall–Kier alpha value is -3.42. The molecule has 1 aliphatic rings. The summed E-state index contributed by atoms with van der Waals surface area (Å²) < 4.78 is 99.8. The molecule has 4 N–H and O–H groups in total. The number of halogens is 5. The fourth-order valence-corrected chi connectivity index (χ4v) is 6.40. The predicted molar refractivity (Wildman–Crippen MR) is 134 cm³/mol. The lowest BCUT2D eigenvalue weighted by atomic mass is 9.77. The molecule has 0 aliphatic heterocycles. The molecule has 2 atom stereocenters. The van der Waals surface area contributed by atoms with Crippen molar-refractivity contribution in [3.05, 3.63) is 77.2 Å². The molecule has 0 bridgehead atoms. The number of benzene rings is 1. The van der Waals surface area contributed by atoms with Crippen LogP contribution in [-0.4, -0.2) is 28.4 Å². The Labute approximate surface area is 220 Å². The number of nitrogens with zero attached hydrogens (tertiary/aromatic N) is 3. The largest absolute Gasteiger partial charge is 0.418 e. The summed E-state index contributed by atoms with van der Waals surface area (Å²) in [4.78, 5) is 7.77. The van der Waals surface area contributed by atoms with E-state index in [1.54, 1.807) is 19.1 Å². The Morgan fingerprint density at radius 1 is 1.13 bits per heavy atom. The maximum atomic E-state index is 15.2. The number of alkyl halides is 3. The Morgan fingerprint density at radius 3 is 2.46 bits per heavy atom. The third-order valence-corrected chi connectivity index (χ3v) is 8.65. The molecule has 1 fully saturated rings. The zero-order valence-corrected chi connectivity index (χ0v) is 21.5. The lowest BCUT2D eigenvalue weighted by Gasteiger charge is -2.36. The Morgan fingerprint density at radius 2 is 1.82 bits per heavy atom. The summed E-state index contributed by atoms with van der Waals surface area (Å²) in [7, 11) is -4.38. The molecule has 1 aromatic carbocycles. The predicted octanol–water partition coefficient (Wildman–Crippen LogP) is 5.00. The van der Waals surface area contributed by atoms with Crippen LogP contribution in [0.5, 0.6) is 0 Å². The van der Waals surface area contributed by atoms with Gasteiger partial charge in [-0.25, -0.2) is 31.1 Å². The highest BCUT2D eigenvalue weighted by Gasteiger charge is 2.42. The van der Waals surface area contributed by atoms with Gasteiger partial charge in [-0.15, -0.1) is 0 Å². The molecule has 7 nitrogen and oxygen atoms in total. The molecule has 0 radical (unpaired) electrons. The molecule has 1 aliphatic carbocycles. The van der Waals surface area contributed by atoms with Crippen molar-refractivity contribution < 1.29 is 30.4 Å². The van der Waals surface area contributed by atoms with Crippen molar-refractivity contribution in [3.63, 3.8) is 0 Å². The number of hydrogen-bond acceptors (Lipinski definition) is 6. The highest BCUT2D eigenvalue weighted by Crippen LogP contribution is 2.43. The van der Waals surface area contributed by atoms with Crippen LogP contribution in [0.1, 0.15) is 42.5 Å². The van der Waals surface area contributed by atoms with Crippen LogP contribution < -0.4 is 11.5 Å². The van der Waals surface area contributed by atoms with Crippen LogP contribution in [-0.2, 0) is 21.7 Å². The van der Waals surface area contributed by atoms with E-state index in [2.05, 4.69) is 9.97 Å². The summed E-state index contributed by atoms with van der Waals surface area (Å²) in [5.74, 6) is -2.18. The van der Waals surface area contributed by atoms with E-state index >= 15 is 4.39 Å². The van der Waals surface area contributed by atoms with Crippen LogP contribution in [0.25, 0.3) is 22.3 Å². The molecule has 5 rings (SSSR count). The lowest BCUT2D eigenvalue weighted by Crippen LogP contribution is -2.47. The van der Waals surface area contributed by atoms with Gasteiger partial charge in [0.2, 0.25) is 0 Å². The minimum Gasteiger partial charge on any atom is -0.328 e. The molecule has 0 saturated heterocycles. The van der Waals surface area contributed by atoms with Gasteiger partial charge in [0.25, 0.3) is 10.0 Å². The van der Waals surface area contributed by atoms with Crippen molar-refractivity contribution in [1.29, 1.82) is 0 Å². The van der Waals surface area contributed by atoms with Crippen LogP contribution in [0.15, 0.2) is 53.7 Å². The van der Waals surface area contributed by atoms with E-state index in [1.807, 2.05) is 0 Å². The quantitative estimate of drug-likeness (QED) is 0.337. The van der Waals surface area contributed by atoms with Gasteiger partial charge in [-0.1, -0.05) is 17.7 Å². The van der Waals surface area contributed by atoms with Gasteiger partial charge >= 0.3 is 6.18 Å². The van der Waals surface area contributed by atoms with E-state index < -0.39 is 61.9 Å². The number of aryl methyl sites for hydroxylation is 1. The number of fused-ring (bicyclic) bond motifs is 1. The average Bonchev–Trinajstić information content (AvgIpc) is 3.22. The van der Waals surface area contributed by atoms with E-state index in [0.717, 1.165) is 24.0 Å². The zero-order chi connectivity index (χ0) is 28.3. The van der Waals surface area contributed by atoms with Crippen molar-refractivity contribution in [2.75, 3.05) is 0 Å². The van der Waals surface area contributed by atoms with Crippen LogP contribution in [0.4, 0.5) is 22.0 Å². The van der Waals surface area contributed by atoms with E-state index in [4.69, 9.17) is 11.5 Å². The number of hydrogen-bond donors (Lipinski definition) is 2. The first kappa shape index (κ1) is 27.2. The third-order valence-electron chi connectivity index (χ3n) is 6.99. The highest BCUT2D eigenvalue weighted by molar-refractivity contribution is 7.90. The lowest BCUT2D eigenvalue weighted by molar-refractivity contribution is -0.137. The first-order chi connectivity index (χ1) is 18.2. The summed E-state index contributed by atoms with van der Waals surface area (Å²) >= 11 is 0. The molecule has 3 heterocycles. The molecule has 0 amide bonds. The van der Waals surface area contributed by atoms with Crippen LogP contribution in [0, 0.1) is 18.6 Å². The van der Waals surface area contributed by atoms with Crippen LogP contribution in [0.2, 0.25) is 0 Å². The summed E-state index contributed by atoms with van der Waals surface area (Å²) in [6, 6.07) is 6.51. The van der Waals surface area contributed by atoms with Crippen molar-refractivity contribution >= 4 is 21.1 Å². The topological polar surface area (TPSA) is 117 Å². The smallest absolute Gasteiger partial charge is 0.328 e. The van der Waals surface area contributed by atoms with Gasteiger partial charge in [0, 0.05) is 23.2 Å². The second-order valence-corrected chi connectivity index (χ2v) is 11.7. The SMILES string of the molecule is Cc1ccc(S(=O)(=O)n2cc(-c3nc([C@@]4(N)CCC[C@H](N)C4)c(F)cc3C(F)(F)F)c3cc(F)cnc32)cc1. The van der Waals surface area contributed by atoms with Crippen molar-refractivity contribution in [1.82, 2.24) is 13.9 Å².